The van der Waals surface area contributed by atoms with Gasteiger partial charge in [0.2, 0.25) is 0 Å². The summed E-state index contributed by atoms with van der Waals surface area (Å²) in [4.78, 5) is 23.6. The number of halogens is 1. The summed E-state index contributed by atoms with van der Waals surface area (Å²) in [5.41, 5.74) is 0. The van der Waals surface area contributed by atoms with Crippen molar-refractivity contribution < 1.29 is 28.2 Å². The number of rotatable bonds is 12. The van der Waals surface area contributed by atoms with E-state index in [1.807, 2.05) is 0 Å². The molecule has 0 amide bonds. The molecule has 6 heteroatoms. The summed E-state index contributed by atoms with van der Waals surface area (Å²) in [7, 11) is 1.37. The fourth-order valence-corrected chi connectivity index (χ4v) is 2.46. The summed E-state index contributed by atoms with van der Waals surface area (Å²) in [6.07, 6.45) is 4.89. The average molecular weight is 368 g/mol. The fraction of sp³-hybridized carbons (Fsp3) is 0.600. The second-order valence-corrected chi connectivity index (χ2v) is 6.22. The van der Waals surface area contributed by atoms with E-state index in [0.717, 1.165) is 31.7 Å². The van der Waals surface area contributed by atoms with Crippen LogP contribution in [0, 0.1) is 11.7 Å². The van der Waals surface area contributed by atoms with Crippen LogP contribution in [-0.4, -0.2) is 25.7 Å². The third-order valence-electron chi connectivity index (χ3n) is 4.13. The molecule has 0 heterocycles. The van der Waals surface area contributed by atoms with Gasteiger partial charge in [0.15, 0.2) is 11.5 Å². The predicted molar refractivity (Wildman–Crippen MR) is 96.7 cm³/mol. The highest BCUT2D eigenvalue weighted by molar-refractivity contribution is 5.74. The summed E-state index contributed by atoms with van der Waals surface area (Å²) in [6.45, 7) is 4.67. The molecule has 0 radical (unpaired) electrons. The fourth-order valence-electron chi connectivity index (χ4n) is 2.46. The van der Waals surface area contributed by atoms with Crippen molar-refractivity contribution in [2.24, 2.45) is 5.92 Å². The van der Waals surface area contributed by atoms with Crippen molar-refractivity contribution in [3.05, 3.63) is 24.0 Å². The van der Waals surface area contributed by atoms with E-state index in [2.05, 4.69) is 13.8 Å². The van der Waals surface area contributed by atoms with Crippen LogP contribution in [0.4, 0.5) is 4.39 Å². The third-order valence-corrected chi connectivity index (χ3v) is 4.13. The molecule has 0 N–H and O–H groups in total. The van der Waals surface area contributed by atoms with Crippen LogP contribution in [0.3, 0.4) is 0 Å². The highest BCUT2D eigenvalue weighted by Crippen LogP contribution is 2.27. The SMILES string of the molecule is CCCCC(CC)COC(=O)CCCC(=O)Oc1ccc(F)cc1OC. The molecule has 0 fully saturated rings. The zero-order valence-corrected chi connectivity index (χ0v) is 15.9. The standard InChI is InChI=1S/C20H29FO5/c1-4-6-8-15(5-2)14-25-19(22)9-7-10-20(23)26-17-12-11-16(21)13-18(17)24-3/h11-13,15H,4-10,14H2,1-3H3. The van der Waals surface area contributed by atoms with Crippen LogP contribution in [-0.2, 0) is 14.3 Å². The molecule has 1 aromatic rings. The van der Waals surface area contributed by atoms with Crippen LogP contribution >= 0.6 is 0 Å². The molecule has 0 aromatic heterocycles. The molecular formula is C20H29FO5. The van der Waals surface area contributed by atoms with Crippen LogP contribution in [0.15, 0.2) is 18.2 Å². The van der Waals surface area contributed by atoms with Crippen LogP contribution in [0.1, 0.15) is 58.8 Å². The van der Waals surface area contributed by atoms with Gasteiger partial charge < -0.3 is 14.2 Å². The first kappa shape index (κ1) is 21.9. The molecule has 5 nitrogen and oxygen atoms in total. The lowest BCUT2D eigenvalue weighted by Crippen LogP contribution is -2.14. The summed E-state index contributed by atoms with van der Waals surface area (Å²) < 4.78 is 28.5. The molecule has 0 aliphatic heterocycles. The lowest BCUT2D eigenvalue weighted by Gasteiger charge is -2.14. The minimum atomic E-state index is -0.503. The summed E-state index contributed by atoms with van der Waals surface area (Å²) in [5.74, 6) is -0.577. The maximum atomic E-state index is 13.1. The highest BCUT2D eigenvalue weighted by Gasteiger charge is 2.13. The second kappa shape index (κ2) is 12.3. The van der Waals surface area contributed by atoms with Crippen molar-refractivity contribution in [2.45, 2.75) is 58.8 Å². The van der Waals surface area contributed by atoms with Gasteiger partial charge in [-0.15, -0.1) is 0 Å². The van der Waals surface area contributed by atoms with E-state index in [1.54, 1.807) is 0 Å². The number of hydrogen-bond donors (Lipinski definition) is 0. The van der Waals surface area contributed by atoms with E-state index in [1.165, 1.54) is 19.2 Å². The van der Waals surface area contributed by atoms with E-state index in [4.69, 9.17) is 14.2 Å². The first-order chi connectivity index (χ1) is 12.5. The Morgan fingerprint density at radius 1 is 1.08 bits per heavy atom. The van der Waals surface area contributed by atoms with Crippen molar-refractivity contribution in [1.29, 1.82) is 0 Å². The minimum absolute atomic E-state index is 0.0721. The largest absolute Gasteiger partial charge is 0.493 e. The monoisotopic (exact) mass is 368 g/mol. The molecule has 1 aromatic carbocycles. The van der Waals surface area contributed by atoms with Crippen molar-refractivity contribution in [3.63, 3.8) is 0 Å². The van der Waals surface area contributed by atoms with E-state index < -0.39 is 11.8 Å². The van der Waals surface area contributed by atoms with Crippen molar-refractivity contribution in [2.75, 3.05) is 13.7 Å². The number of carbonyl (C=O) groups is 2. The number of carbonyl (C=O) groups excluding carboxylic acids is 2. The molecule has 0 spiro atoms. The number of unbranched alkanes of at least 4 members (excludes halogenated alkanes) is 1. The lowest BCUT2D eigenvalue weighted by molar-refractivity contribution is -0.145. The predicted octanol–water partition coefficient (Wildman–Crippen LogP) is 4.67. The van der Waals surface area contributed by atoms with Gasteiger partial charge in [0.25, 0.3) is 0 Å². The first-order valence-electron chi connectivity index (χ1n) is 9.19. The molecule has 0 aliphatic carbocycles. The molecule has 26 heavy (non-hydrogen) atoms. The minimum Gasteiger partial charge on any atom is -0.493 e. The van der Waals surface area contributed by atoms with E-state index in [9.17, 15) is 14.0 Å². The van der Waals surface area contributed by atoms with Crippen LogP contribution in [0.5, 0.6) is 11.5 Å². The Morgan fingerprint density at radius 3 is 2.46 bits per heavy atom. The molecule has 0 saturated carbocycles. The van der Waals surface area contributed by atoms with E-state index in [0.29, 0.717) is 18.9 Å². The van der Waals surface area contributed by atoms with Crippen molar-refractivity contribution >= 4 is 11.9 Å². The van der Waals surface area contributed by atoms with Crippen molar-refractivity contribution in [3.8, 4) is 11.5 Å². The normalized spacial score (nSPS) is 11.7. The summed E-state index contributed by atoms with van der Waals surface area (Å²) in [6, 6.07) is 3.66. The van der Waals surface area contributed by atoms with Gasteiger partial charge in [-0.1, -0.05) is 33.1 Å². The van der Waals surface area contributed by atoms with Crippen molar-refractivity contribution in [1.82, 2.24) is 0 Å². The molecule has 0 aliphatic rings. The molecular weight excluding hydrogens is 339 g/mol. The second-order valence-electron chi connectivity index (χ2n) is 6.22. The van der Waals surface area contributed by atoms with Gasteiger partial charge in [-0.25, -0.2) is 4.39 Å². The van der Waals surface area contributed by atoms with Gasteiger partial charge in [0.05, 0.1) is 13.7 Å². The zero-order valence-electron chi connectivity index (χ0n) is 15.9. The maximum absolute atomic E-state index is 13.1. The topological polar surface area (TPSA) is 61.8 Å². The van der Waals surface area contributed by atoms with Gasteiger partial charge >= 0.3 is 11.9 Å². The number of hydrogen-bond acceptors (Lipinski definition) is 5. The molecule has 1 unspecified atom stereocenters. The van der Waals surface area contributed by atoms with E-state index in [-0.39, 0.29) is 30.3 Å². The maximum Gasteiger partial charge on any atom is 0.311 e. The lowest BCUT2D eigenvalue weighted by atomic mass is 10.0. The number of esters is 2. The molecule has 1 rings (SSSR count). The molecule has 0 bridgehead atoms. The number of ether oxygens (including phenoxy) is 3. The molecule has 146 valence electrons. The average Bonchev–Trinajstić information content (AvgIpc) is 2.63. The highest BCUT2D eigenvalue weighted by atomic mass is 19.1. The number of benzene rings is 1. The zero-order chi connectivity index (χ0) is 19.4. The van der Waals surface area contributed by atoms with E-state index >= 15 is 0 Å². The van der Waals surface area contributed by atoms with Gasteiger partial charge in [0.1, 0.15) is 5.82 Å². The Labute approximate surface area is 154 Å². The van der Waals surface area contributed by atoms with Gasteiger partial charge in [-0.2, -0.15) is 0 Å². The molecule has 1 atom stereocenters. The number of methoxy groups -OCH3 is 1. The van der Waals surface area contributed by atoms with Gasteiger partial charge in [-0.05, 0) is 30.9 Å². The quantitative estimate of drug-likeness (QED) is 0.396. The Kier molecular flexibility index (Phi) is 10.4. The Bertz CT molecular complexity index is 573. The van der Waals surface area contributed by atoms with Crippen LogP contribution in [0.25, 0.3) is 0 Å². The molecule has 0 saturated heterocycles. The van der Waals surface area contributed by atoms with Gasteiger partial charge in [-0.3, -0.25) is 9.59 Å². The van der Waals surface area contributed by atoms with Gasteiger partial charge in [0, 0.05) is 18.9 Å². The Morgan fingerprint density at radius 2 is 1.81 bits per heavy atom. The summed E-state index contributed by atoms with van der Waals surface area (Å²) in [5, 5.41) is 0. The third kappa shape index (κ3) is 8.32. The Balaban J connectivity index is 2.30. The van der Waals surface area contributed by atoms with Crippen LogP contribution < -0.4 is 9.47 Å². The Hall–Kier alpha value is -2.11. The summed E-state index contributed by atoms with van der Waals surface area (Å²) >= 11 is 0. The van der Waals surface area contributed by atoms with Crippen LogP contribution in [0.2, 0.25) is 0 Å². The first-order valence-corrected chi connectivity index (χ1v) is 9.19. The smallest absolute Gasteiger partial charge is 0.311 e.